The molecule has 2 aromatic carbocycles. The van der Waals surface area contributed by atoms with E-state index in [0.717, 1.165) is 0 Å². The molecule has 0 fully saturated rings. The SMILES string of the molecule is COc1ccccc1OCCOc1ccc(C=C(C#N)C(=O)Nc2nccs2)cc1Br. The van der Waals surface area contributed by atoms with Crippen LogP contribution in [0.3, 0.4) is 0 Å². The van der Waals surface area contributed by atoms with Crippen molar-refractivity contribution in [2.75, 3.05) is 25.6 Å². The van der Waals surface area contributed by atoms with E-state index in [1.54, 1.807) is 36.9 Å². The third-order valence-corrected chi connectivity index (χ3v) is 5.26. The lowest BCUT2D eigenvalue weighted by molar-refractivity contribution is -0.112. The molecule has 3 rings (SSSR count). The highest BCUT2D eigenvalue weighted by Crippen LogP contribution is 2.28. The quantitative estimate of drug-likeness (QED) is 0.255. The second-order valence-corrected chi connectivity index (χ2v) is 7.75. The van der Waals surface area contributed by atoms with E-state index >= 15 is 0 Å². The summed E-state index contributed by atoms with van der Waals surface area (Å²) in [6.07, 6.45) is 3.08. The Morgan fingerprint density at radius 3 is 2.58 bits per heavy atom. The third kappa shape index (κ3) is 6.31. The number of rotatable bonds is 9. The van der Waals surface area contributed by atoms with Crippen molar-refractivity contribution in [2.24, 2.45) is 0 Å². The fourth-order valence-electron chi connectivity index (χ4n) is 2.53. The number of halogens is 1. The smallest absolute Gasteiger partial charge is 0.268 e. The van der Waals surface area contributed by atoms with Crippen molar-refractivity contribution < 1.29 is 19.0 Å². The first-order valence-electron chi connectivity index (χ1n) is 9.11. The molecule has 0 unspecified atom stereocenters. The zero-order valence-corrected chi connectivity index (χ0v) is 18.9. The molecule has 1 aromatic heterocycles. The molecule has 3 aromatic rings. The molecule has 7 nitrogen and oxygen atoms in total. The highest BCUT2D eigenvalue weighted by Gasteiger charge is 2.11. The number of hydrogen-bond donors (Lipinski definition) is 1. The predicted molar refractivity (Wildman–Crippen MR) is 122 cm³/mol. The molecule has 0 saturated heterocycles. The van der Waals surface area contributed by atoms with Gasteiger partial charge >= 0.3 is 0 Å². The van der Waals surface area contributed by atoms with Crippen molar-refractivity contribution in [1.29, 1.82) is 5.26 Å². The van der Waals surface area contributed by atoms with Crippen LogP contribution >= 0.6 is 27.3 Å². The third-order valence-electron chi connectivity index (χ3n) is 3.95. The Labute approximate surface area is 192 Å². The maximum Gasteiger partial charge on any atom is 0.268 e. The largest absolute Gasteiger partial charge is 0.493 e. The Morgan fingerprint density at radius 1 is 1.19 bits per heavy atom. The summed E-state index contributed by atoms with van der Waals surface area (Å²) in [4.78, 5) is 16.2. The van der Waals surface area contributed by atoms with Gasteiger partial charge in [0.05, 0.1) is 11.6 Å². The molecule has 9 heteroatoms. The number of amides is 1. The number of nitrogens with zero attached hydrogens (tertiary/aromatic N) is 2. The summed E-state index contributed by atoms with van der Waals surface area (Å²) in [5.41, 5.74) is 0.649. The number of nitrogens with one attached hydrogen (secondary N) is 1. The number of carbonyl (C=O) groups excluding carboxylic acids is 1. The van der Waals surface area contributed by atoms with E-state index in [4.69, 9.17) is 14.2 Å². The molecule has 158 valence electrons. The number of benzene rings is 2. The number of nitriles is 1. The van der Waals surface area contributed by atoms with Crippen LogP contribution in [-0.2, 0) is 4.79 Å². The first kappa shape index (κ1) is 22.3. The minimum Gasteiger partial charge on any atom is -0.493 e. The van der Waals surface area contributed by atoms with Gasteiger partial charge in [0.1, 0.15) is 30.6 Å². The lowest BCUT2D eigenvalue weighted by atomic mass is 10.1. The van der Waals surface area contributed by atoms with Gasteiger partial charge in [-0.25, -0.2) is 4.98 Å². The summed E-state index contributed by atoms with van der Waals surface area (Å²) in [7, 11) is 1.59. The molecule has 31 heavy (non-hydrogen) atoms. The van der Waals surface area contributed by atoms with Crippen molar-refractivity contribution >= 4 is 44.4 Å². The van der Waals surface area contributed by atoms with E-state index < -0.39 is 5.91 Å². The van der Waals surface area contributed by atoms with Gasteiger partial charge in [-0.3, -0.25) is 10.1 Å². The van der Waals surface area contributed by atoms with Crippen LogP contribution in [0.2, 0.25) is 0 Å². The van der Waals surface area contributed by atoms with Crippen LogP contribution in [0.5, 0.6) is 17.2 Å². The van der Waals surface area contributed by atoms with Crippen LogP contribution < -0.4 is 19.5 Å². The molecule has 0 aliphatic carbocycles. The molecule has 0 bridgehead atoms. The van der Waals surface area contributed by atoms with E-state index in [-0.39, 0.29) is 5.57 Å². The number of ether oxygens (including phenoxy) is 3. The molecular weight excluding hydrogens is 482 g/mol. The second kappa shape index (κ2) is 11.2. The molecule has 0 aliphatic rings. The molecule has 0 aliphatic heterocycles. The topological polar surface area (TPSA) is 93.5 Å². The summed E-state index contributed by atoms with van der Waals surface area (Å²) >= 11 is 4.74. The summed E-state index contributed by atoms with van der Waals surface area (Å²) in [6.45, 7) is 0.662. The molecule has 0 saturated carbocycles. The van der Waals surface area contributed by atoms with Gasteiger partial charge in [-0.15, -0.1) is 11.3 Å². The van der Waals surface area contributed by atoms with E-state index in [0.29, 0.717) is 45.6 Å². The van der Waals surface area contributed by atoms with E-state index in [1.807, 2.05) is 30.3 Å². The van der Waals surface area contributed by atoms with Gasteiger partial charge in [-0.1, -0.05) is 18.2 Å². The molecule has 1 heterocycles. The molecule has 0 spiro atoms. The molecule has 0 radical (unpaired) electrons. The molecule has 1 amide bonds. The number of thiazole rings is 1. The van der Waals surface area contributed by atoms with Gasteiger partial charge in [0.25, 0.3) is 5.91 Å². The summed E-state index contributed by atoms with van der Waals surface area (Å²) in [5.74, 6) is 1.41. The Kier molecular flexibility index (Phi) is 8.04. The normalized spacial score (nSPS) is 10.8. The van der Waals surface area contributed by atoms with Crippen LogP contribution in [0.1, 0.15) is 5.56 Å². The number of aromatic nitrogens is 1. The number of carbonyl (C=O) groups is 1. The van der Waals surface area contributed by atoms with E-state index in [2.05, 4.69) is 26.2 Å². The Hall–Kier alpha value is -3.35. The number of hydrogen-bond acceptors (Lipinski definition) is 7. The van der Waals surface area contributed by atoms with E-state index in [1.165, 1.54) is 17.4 Å². The molecule has 0 atom stereocenters. The van der Waals surface area contributed by atoms with Crippen molar-refractivity contribution in [3.8, 4) is 23.3 Å². The fraction of sp³-hybridized carbons (Fsp3) is 0.136. The predicted octanol–water partition coefficient (Wildman–Crippen LogP) is 4.92. The summed E-state index contributed by atoms with van der Waals surface area (Å²) in [6, 6.07) is 14.6. The standard InChI is InChI=1S/C22H18BrN3O4S/c1-28-19-4-2-3-5-20(19)30-10-9-29-18-7-6-15(13-17(18)23)12-16(14-24)21(27)26-22-25-8-11-31-22/h2-8,11-13H,9-10H2,1H3,(H,25,26,27). The Balaban J connectivity index is 1.58. The van der Waals surface area contributed by atoms with Crippen molar-refractivity contribution in [3.05, 3.63) is 69.7 Å². The van der Waals surface area contributed by atoms with Crippen LogP contribution in [0.25, 0.3) is 6.08 Å². The van der Waals surface area contributed by atoms with Crippen LogP contribution in [0.4, 0.5) is 5.13 Å². The number of para-hydroxylation sites is 2. The Morgan fingerprint density at radius 2 is 1.94 bits per heavy atom. The minimum atomic E-state index is -0.512. The van der Waals surface area contributed by atoms with Gasteiger partial charge < -0.3 is 14.2 Å². The summed E-state index contributed by atoms with van der Waals surface area (Å²) < 4.78 is 17.4. The maximum absolute atomic E-state index is 12.2. The van der Waals surface area contributed by atoms with Crippen LogP contribution in [0, 0.1) is 11.3 Å². The lowest BCUT2D eigenvalue weighted by Gasteiger charge is -2.12. The van der Waals surface area contributed by atoms with E-state index in [9.17, 15) is 10.1 Å². The maximum atomic E-state index is 12.2. The highest BCUT2D eigenvalue weighted by atomic mass is 79.9. The fourth-order valence-corrected chi connectivity index (χ4v) is 3.57. The Bertz CT molecular complexity index is 1110. The minimum absolute atomic E-state index is 0.0269. The van der Waals surface area contributed by atoms with Crippen LogP contribution in [-0.4, -0.2) is 31.2 Å². The summed E-state index contributed by atoms with van der Waals surface area (Å²) in [5, 5.41) is 14.1. The van der Waals surface area contributed by atoms with Crippen LogP contribution in [0.15, 0.2) is 64.1 Å². The first-order valence-corrected chi connectivity index (χ1v) is 10.8. The average Bonchev–Trinajstić information content (AvgIpc) is 3.29. The van der Waals surface area contributed by atoms with Gasteiger partial charge in [0, 0.05) is 11.6 Å². The zero-order chi connectivity index (χ0) is 22.1. The molecule has 1 N–H and O–H groups in total. The van der Waals surface area contributed by atoms with Crippen molar-refractivity contribution in [3.63, 3.8) is 0 Å². The first-order chi connectivity index (χ1) is 15.1. The number of anilines is 1. The monoisotopic (exact) mass is 499 g/mol. The molecular formula is C22H18BrN3O4S. The lowest BCUT2D eigenvalue weighted by Crippen LogP contribution is -2.13. The highest BCUT2D eigenvalue weighted by molar-refractivity contribution is 9.10. The van der Waals surface area contributed by atoms with Gasteiger partial charge in [-0.2, -0.15) is 5.26 Å². The van der Waals surface area contributed by atoms with Gasteiger partial charge in [0.2, 0.25) is 0 Å². The zero-order valence-electron chi connectivity index (χ0n) is 16.5. The second-order valence-electron chi connectivity index (χ2n) is 6.00. The van der Waals surface area contributed by atoms with Gasteiger partial charge in [-0.05, 0) is 51.8 Å². The number of methoxy groups -OCH3 is 1. The van der Waals surface area contributed by atoms with Crippen molar-refractivity contribution in [1.82, 2.24) is 4.98 Å². The van der Waals surface area contributed by atoms with Crippen molar-refractivity contribution in [2.45, 2.75) is 0 Å². The van der Waals surface area contributed by atoms with Gasteiger partial charge in [0.15, 0.2) is 16.6 Å². The average molecular weight is 500 g/mol.